The van der Waals surface area contributed by atoms with Crippen LogP contribution in [0.1, 0.15) is 19.4 Å². The minimum atomic E-state index is 0. The number of para-hydroxylation sites is 1. The smallest absolute Gasteiger partial charge is 0.227 e. The molecule has 2 rings (SSSR count). The molecule has 2 atom stereocenters. The summed E-state index contributed by atoms with van der Waals surface area (Å²) in [6.45, 7) is 5.77. The van der Waals surface area contributed by atoms with Crippen LogP contribution in [0, 0.1) is 0 Å². The van der Waals surface area contributed by atoms with Crippen LogP contribution in [0.4, 0.5) is 0 Å². The highest BCUT2D eigenvalue weighted by molar-refractivity contribution is 5.85. The maximum Gasteiger partial charge on any atom is 0.227 e. The van der Waals surface area contributed by atoms with Crippen molar-refractivity contribution in [3.8, 4) is 5.75 Å². The number of ether oxygens (including phenoxy) is 1. The first-order valence-electron chi connectivity index (χ1n) is 6.76. The van der Waals surface area contributed by atoms with E-state index < -0.39 is 0 Å². The molecule has 1 heterocycles. The lowest BCUT2D eigenvalue weighted by atomic mass is 10.1. The number of amides is 1. The Morgan fingerprint density at radius 3 is 2.50 bits per heavy atom. The summed E-state index contributed by atoms with van der Waals surface area (Å²) in [5.41, 5.74) is 0.953. The van der Waals surface area contributed by atoms with Crippen LogP contribution in [-0.2, 0) is 11.2 Å². The van der Waals surface area contributed by atoms with Gasteiger partial charge in [0.1, 0.15) is 5.75 Å². The second kappa shape index (κ2) is 7.50. The molecule has 0 saturated carbocycles. The Bertz CT molecular complexity index is 443. The molecule has 20 heavy (non-hydrogen) atoms. The number of methoxy groups -OCH3 is 1. The molecule has 1 aliphatic heterocycles. The van der Waals surface area contributed by atoms with E-state index in [4.69, 9.17) is 4.74 Å². The molecule has 1 fully saturated rings. The largest absolute Gasteiger partial charge is 0.496 e. The normalized spacial score (nSPS) is 22.1. The summed E-state index contributed by atoms with van der Waals surface area (Å²) in [5.74, 6) is 0.955. The standard InChI is InChI=1S/C15H22N2O2.ClH/c1-11-9-17(10-12(2)16-11)15(18)8-13-6-4-5-7-14(13)19-3;/h4-7,11-12,16H,8-10H2,1-3H3;1H. The van der Waals surface area contributed by atoms with E-state index in [0.717, 1.165) is 24.4 Å². The molecule has 1 aromatic carbocycles. The Balaban J connectivity index is 0.00000200. The minimum absolute atomic E-state index is 0. The Hall–Kier alpha value is -1.26. The molecule has 0 aromatic heterocycles. The molecule has 1 N–H and O–H groups in total. The van der Waals surface area contributed by atoms with Crippen molar-refractivity contribution in [1.82, 2.24) is 10.2 Å². The highest BCUT2D eigenvalue weighted by atomic mass is 35.5. The van der Waals surface area contributed by atoms with Gasteiger partial charge in [0, 0.05) is 30.7 Å². The summed E-state index contributed by atoms with van der Waals surface area (Å²) in [6, 6.07) is 8.41. The number of carbonyl (C=O) groups is 1. The fourth-order valence-corrected chi connectivity index (χ4v) is 2.65. The van der Waals surface area contributed by atoms with Gasteiger partial charge in [0.2, 0.25) is 5.91 Å². The molecule has 0 bridgehead atoms. The summed E-state index contributed by atoms with van der Waals surface area (Å²) in [7, 11) is 1.64. The first-order valence-corrected chi connectivity index (χ1v) is 6.76. The zero-order valence-electron chi connectivity index (χ0n) is 12.3. The highest BCUT2D eigenvalue weighted by Crippen LogP contribution is 2.19. The van der Waals surface area contributed by atoms with Crippen molar-refractivity contribution in [3.05, 3.63) is 29.8 Å². The molecular weight excluding hydrogens is 276 g/mol. The van der Waals surface area contributed by atoms with Crippen LogP contribution in [0.3, 0.4) is 0 Å². The third kappa shape index (κ3) is 4.12. The number of piperazine rings is 1. The maximum absolute atomic E-state index is 12.4. The molecular formula is C15H23ClN2O2. The van der Waals surface area contributed by atoms with Gasteiger partial charge in [0.25, 0.3) is 0 Å². The van der Waals surface area contributed by atoms with Gasteiger partial charge in [0.15, 0.2) is 0 Å². The predicted molar refractivity (Wildman–Crippen MR) is 82.6 cm³/mol. The lowest BCUT2D eigenvalue weighted by Crippen LogP contribution is -2.56. The van der Waals surface area contributed by atoms with Crippen molar-refractivity contribution in [1.29, 1.82) is 0 Å². The predicted octanol–water partition coefficient (Wildman–Crippen LogP) is 1.87. The number of carbonyl (C=O) groups excluding carboxylic acids is 1. The summed E-state index contributed by atoms with van der Waals surface area (Å²) < 4.78 is 5.29. The topological polar surface area (TPSA) is 41.6 Å². The lowest BCUT2D eigenvalue weighted by molar-refractivity contribution is -0.132. The van der Waals surface area contributed by atoms with Crippen molar-refractivity contribution in [2.24, 2.45) is 0 Å². The number of nitrogens with one attached hydrogen (secondary N) is 1. The Kier molecular flexibility index (Phi) is 6.30. The number of benzene rings is 1. The van der Waals surface area contributed by atoms with Crippen LogP contribution in [0.15, 0.2) is 24.3 Å². The SMILES string of the molecule is COc1ccccc1CC(=O)N1CC(C)NC(C)C1.Cl. The average Bonchev–Trinajstić information content (AvgIpc) is 2.38. The second-order valence-corrected chi connectivity index (χ2v) is 5.26. The van der Waals surface area contributed by atoms with E-state index in [0.29, 0.717) is 18.5 Å². The van der Waals surface area contributed by atoms with Crippen molar-refractivity contribution in [2.75, 3.05) is 20.2 Å². The molecule has 1 saturated heterocycles. The molecule has 5 heteroatoms. The Labute approximate surface area is 126 Å². The molecule has 1 aliphatic rings. The first-order chi connectivity index (χ1) is 9.10. The number of hydrogen-bond donors (Lipinski definition) is 1. The Morgan fingerprint density at radius 1 is 1.30 bits per heavy atom. The molecule has 2 unspecified atom stereocenters. The number of nitrogens with zero attached hydrogens (tertiary/aromatic N) is 1. The van der Waals surface area contributed by atoms with Crippen LogP contribution in [0.2, 0.25) is 0 Å². The van der Waals surface area contributed by atoms with Crippen molar-refractivity contribution < 1.29 is 9.53 Å². The average molecular weight is 299 g/mol. The van der Waals surface area contributed by atoms with Crippen LogP contribution in [0.5, 0.6) is 5.75 Å². The van der Waals surface area contributed by atoms with Gasteiger partial charge in [0.05, 0.1) is 13.5 Å². The molecule has 1 amide bonds. The maximum atomic E-state index is 12.4. The number of hydrogen-bond acceptors (Lipinski definition) is 3. The van der Waals surface area contributed by atoms with Crippen LogP contribution < -0.4 is 10.1 Å². The number of halogens is 1. The molecule has 0 aliphatic carbocycles. The fourth-order valence-electron chi connectivity index (χ4n) is 2.65. The molecule has 4 nitrogen and oxygen atoms in total. The van der Waals surface area contributed by atoms with E-state index in [-0.39, 0.29) is 18.3 Å². The van der Waals surface area contributed by atoms with Gasteiger partial charge in [-0.25, -0.2) is 0 Å². The second-order valence-electron chi connectivity index (χ2n) is 5.26. The fraction of sp³-hybridized carbons (Fsp3) is 0.533. The summed E-state index contributed by atoms with van der Waals surface area (Å²) in [4.78, 5) is 14.3. The lowest BCUT2D eigenvalue weighted by Gasteiger charge is -2.36. The van der Waals surface area contributed by atoms with E-state index in [1.165, 1.54) is 0 Å². The van der Waals surface area contributed by atoms with E-state index in [1.807, 2.05) is 29.2 Å². The molecule has 0 spiro atoms. The zero-order valence-corrected chi connectivity index (χ0v) is 13.1. The monoisotopic (exact) mass is 298 g/mol. The quantitative estimate of drug-likeness (QED) is 0.926. The van der Waals surface area contributed by atoms with E-state index in [9.17, 15) is 4.79 Å². The molecule has 112 valence electrons. The number of rotatable bonds is 3. The summed E-state index contributed by atoms with van der Waals surface area (Å²) in [5, 5.41) is 3.43. The van der Waals surface area contributed by atoms with Crippen LogP contribution in [0.25, 0.3) is 0 Å². The van der Waals surface area contributed by atoms with Crippen molar-refractivity contribution >= 4 is 18.3 Å². The van der Waals surface area contributed by atoms with E-state index in [2.05, 4.69) is 19.2 Å². The zero-order chi connectivity index (χ0) is 13.8. The Morgan fingerprint density at radius 2 is 1.90 bits per heavy atom. The molecule has 1 aromatic rings. The van der Waals surface area contributed by atoms with Crippen molar-refractivity contribution in [3.63, 3.8) is 0 Å². The van der Waals surface area contributed by atoms with Gasteiger partial charge in [-0.3, -0.25) is 4.79 Å². The summed E-state index contributed by atoms with van der Waals surface area (Å²) in [6.07, 6.45) is 0.406. The van der Waals surface area contributed by atoms with Crippen LogP contribution in [-0.4, -0.2) is 43.1 Å². The van der Waals surface area contributed by atoms with Gasteiger partial charge in [-0.15, -0.1) is 12.4 Å². The van der Waals surface area contributed by atoms with Gasteiger partial charge >= 0.3 is 0 Å². The van der Waals surface area contributed by atoms with Gasteiger partial charge in [-0.2, -0.15) is 0 Å². The van der Waals surface area contributed by atoms with E-state index >= 15 is 0 Å². The van der Waals surface area contributed by atoms with Crippen molar-refractivity contribution in [2.45, 2.75) is 32.4 Å². The summed E-state index contributed by atoms with van der Waals surface area (Å²) >= 11 is 0. The third-order valence-electron chi connectivity index (χ3n) is 3.44. The van der Waals surface area contributed by atoms with E-state index in [1.54, 1.807) is 7.11 Å². The van der Waals surface area contributed by atoms with Gasteiger partial charge in [-0.1, -0.05) is 18.2 Å². The van der Waals surface area contributed by atoms with Crippen LogP contribution >= 0.6 is 12.4 Å². The van der Waals surface area contributed by atoms with Gasteiger partial charge in [-0.05, 0) is 19.9 Å². The highest BCUT2D eigenvalue weighted by Gasteiger charge is 2.25. The third-order valence-corrected chi connectivity index (χ3v) is 3.44. The van der Waals surface area contributed by atoms with Gasteiger partial charge < -0.3 is 15.0 Å². The molecule has 0 radical (unpaired) electrons. The first kappa shape index (κ1) is 16.8. The minimum Gasteiger partial charge on any atom is -0.496 e.